The Kier molecular flexibility index (Phi) is 100. The van der Waals surface area contributed by atoms with Crippen LogP contribution < -0.4 is 0 Å². The van der Waals surface area contributed by atoms with Crippen LogP contribution in [0, 0.1) is 0 Å². The first-order valence-corrected chi connectivity index (χ1v) is 8.33. The molecule has 0 heterocycles. The molecule has 0 aromatic heterocycles. The number of hydrogen-bond donors (Lipinski definition) is 0. The topological polar surface area (TPSA) is 31.5 Å². The molecule has 6 heteroatoms. The molecule has 0 aliphatic carbocycles. The third-order valence-corrected chi connectivity index (χ3v) is 0. The third kappa shape index (κ3) is 30.7. The second-order valence-corrected chi connectivity index (χ2v) is 4.72. The van der Waals surface area contributed by atoms with Crippen LogP contribution in [0.5, 0.6) is 0 Å². The Balaban J connectivity index is -0.00000000667. The van der Waals surface area contributed by atoms with Crippen LogP contribution in [0.2, 0.25) is 0 Å². The van der Waals surface area contributed by atoms with Crippen LogP contribution in [0.3, 0.4) is 0 Å². The summed E-state index contributed by atoms with van der Waals surface area (Å²) in [5.74, 6) is 0. The van der Waals surface area contributed by atoms with E-state index in [-0.39, 0.29) is 48.9 Å². The van der Waals surface area contributed by atoms with Crippen molar-refractivity contribution in [1.29, 1.82) is 0 Å². The van der Waals surface area contributed by atoms with E-state index < -0.39 is 15.1 Å². The molecule has 3 radical (unpaired) electrons. The molecule has 6 heavy (non-hydrogen) atoms. The van der Waals surface area contributed by atoms with Gasteiger partial charge in [0.05, 0.1) is 0 Å². The van der Waals surface area contributed by atoms with Gasteiger partial charge in [-0.3, -0.25) is 0 Å². The first kappa shape index (κ1) is 23.5. The quantitative estimate of drug-likeness (QED) is 0.552. The van der Waals surface area contributed by atoms with E-state index in [2.05, 4.69) is 0 Å². The van der Waals surface area contributed by atoms with Gasteiger partial charge in [-0.1, -0.05) is 0 Å². The van der Waals surface area contributed by atoms with E-state index in [1.807, 2.05) is 0 Å². The Morgan fingerprint density at radius 1 is 1.17 bits per heavy atom. The summed E-state index contributed by atoms with van der Waals surface area (Å²) >= 11 is -0.931. The standard InChI is InChI=1S/2ClH.H2O.Sn.2Zn.H/h2*1H;1H2;;;;/q;;;;;+2;/p-2. The minimum Gasteiger partial charge on any atom is 0 e. The average Bonchev–Trinajstić information content (AvgIpc) is 0.918. The molecule has 1 nitrogen and oxygen atoms in total. The maximum atomic E-state index is 4.95. The van der Waals surface area contributed by atoms with Gasteiger partial charge in [0, 0.05) is 19.5 Å². The fourth-order valence-corrected chi connectivity index (χ4v) is 0. The Morgan fingerprint density at radius 3 is 1.17 bits per heavy atom. The van der Waals surface area contributed by atoms with E-state index in [0.717, 1.165) is 0 Å². The third-order valence-electron chi connectivity index (χ3n) is 0. The second kappa shape index (κ2) is 25.6. The SMILES string of the molecule is O.[Cl][Zn][Cl].[SnH].[Zn]. The first-order chi connectivity index (χ1) is 1.41. The summed E-state index contributed by atoms with van der Waals surface area (Å²) in [6, 6.07) is 0. The minimum atomic E-state index is -0.931. The Morgan fingerprint density at radius 2 is 1.17 bits per heavy atom. The van der Waals surface area contributed by atoms with Crippen molar-refractivity contribution in [2.24, 2.45) is 0 Å². The molecule has 0 bridgehead atoms. The Labute approximate surface area is 82.2 Å². The molecule has 0 spiro atoms. The zero-order valence-electron chi connectivity index (χ0n) is 3.25. The van der Waals surface area contributed by atoms with Crippen molar-refractivity contribution in [2.75, 3.05) is 0 Å². The van der Waals surface area contributed by atoms with Gasteiger partial charge in [-0.15, -0.1) is 0 Å². The second-order valence-electron chi connectivity index (χ2n) is 0.101. The number of rotatable bonds is 0. The summed E-state index contributed by atoms with van der Waals surface area (Å²) < 4.78 is 0. The molecule has 0 aromatic carbocycles. The largest absolute Gasteiger partial charge is 0 e. The summed E-state index contributed by atoms with van der Waals surface area (Å²) in [5, 5.41) is 0. The number of halogens is 2. The van der Waals surface area contributed by atoms with Crippen LogP contribution in [0.1, 0.15) is 0 Å². The maximum Gasteiger partial charge on any atom is 0 e. The van der Waals surface area contributed by atoms with Crippen LogP contribution in [0.25, 0.3) is 0 Å². The molecule has 0 aliphatic rings. The van der Waals surface area contributed by atoms with Gasteiger partial charge in [-0.25, -0.2) is 0 Å². The van der Waals surface area contributed by atoms with E-state index in [4.69, 9.17) is 19.4 Å². The zero-order valence-corrected chi connectivity index (χ0v) is 14.0. The van der Waals surface area contributed by atoms with Gasteiger partial charge >= 0.3 is 58.4 Å². The Hall–Kier alpha value is 2.59. The van der Waals surface area contributed by atoms with Crippen molar-refractivity contribution in [3.63, 3.8) is 0 Å². The fourth-order valence-electron chi connectivity index (χ4n) is 0. The molecule has 0 rings (SSSR count). The van der Waals surface area contributed by atoms with Crippen LogP contribution in [0.15, 0.2) is 0 Å². The predicted molar refractivity (Wildman–Crippen MR) is 22.5 cm³/mol. The fraction of sp³-hybridized carbons (Fsp3) is 0. The summed E-state index contributed by atoms with van der Waals surface area (Å²) in [5.41, 5.74) is 0. The molecule has 2 N–H and O–H groups in total. The summed E-state index contributed by atoms with van der Waals surface area (Å²) in [7, 11) is 9.90. The predicted octanol–water partition coefficient (Wildman–Crippen LogP) is -0.0992. The van der Waals surface area contributed by atoms with E-state index in [0.29, 0.717) is 0 Å². The van der Waals surface area contributed by atoms with Crippen molar-refractivity contribution in [2.45, 2.75) is 0 Å². The normalized spacial score (nSPS) is 1.67. The van der Waals surface area contributed by atoms with Crippen molar-refractivity contribution in [3.05, 3.63) is 0 Å². The van der Waals surface area contributed by atoms with Gasteiger partial charge in [0.2, 0.25) is 0 Å². The minimum absolute atomic E-state index is 0. The smallest absolute Gasteiger partial charge is 0 e. The molecule has 0 saturated carbocycles. The first-order valence-electron chi connectivity index (χ1n) is 0.535. The van der Waals surface area contributed by atoms with Crippen molar-refractivity contribution in [3.8, 4) is 0 Å². The van der Waals surface area contributed by atoms with E-state index in [1.54, 1.807) is 0 Å². The van der Waals surface area contributed by atoms with Crippen molar-refractivity contribution < 1.29 is 40.1 Å². The molecule has 0 saturated heterocycles. The van der Waals surface area contributed by atoms with Crippen LogP contribution in [-0.4, -0.2) is 29.4 Å². The molecule has 0 aliphatic heterocycles. The monoisotopic (exact) mass is 337 g/mol. The molecule has 31 valence electrons. The van der Waals surface area contributed by atoms with Crippen LogP contribution in [-0.2, 0) is 34.6 Å². The summed E-state index contributed by atoms with van der Waals surface area (Å²) in [6.45, 7) is 0. The van der Waals surface area contributed by atoms with Gasteiger partial charge < -0.3 is 5.48 Å². The maximum absolute atomic E-state index is 4.95. The molecular formula is H3Cl2OSnZn2. The van der Waals surface area contributed by atoms with Crippen molar-refractivity contribution >= 4 is 43.3 Å². The zero-order chi connectivity index (χ0) is 2.71. The average molecular weight is 339 g/mol. The van der Waals surface area contributed by atoms with E-state index in [9.17, 15) is 0 Å². The molecule has 0 aromatic rings. The summed E-state index contributed by atoms with van der Waals surface area (Å²) in [4.78, 5) is 0. The van der Waals surface area contributed by atoms with Gasteiger partial charge in [0.1, 0.15) is 0 Å². The van der Waals surface area contributed by atoms with Gasteiger partial charge in [-0.05, 0) is 0 Å². The number of hydrogen-bond acceptors (Lipinski definition) is 0. The van der Waals surface area contributed by atoms with E-state index >= 15 is 0 Å². The van der Waals surface area contributed by atoms with Crippen molar-refractivity contribution in [1.82, 2.24) is 0 Å². The van der Waals surface area contributed by atoms with Crippen LogP contribution >= 0.6 is 19.4 Å². The van der Waals surface area contributed by atoms with Gasteiger partial charge in [-0.2, -0.15) is 0 Å². The van der Waals surface area contributed by atoms with E-state index in [1.165, 1.54) is 0 Å². The molecule has 0 atom stereocenters. The Bertz CT molecular complexity index is 11.5. The summed E-state index contributed by atoms with van der Waals surface area (Å²) in [6.07, 6.45) is 0. The molecular weight excluding hydrogens is 336 g/mol. The van der Waals surface area contributed by atoms with Gasteiger partial charge in [0.25, 0.3) is 0 Å². The van der Waals surface area contributed by atoms with Crippen LogP contribution in [0.4, 0.5) is 0 Å². The van der Waals surface area contributed by atoms with Gasteiger partial charge in [0.15, 0.2) is 0 Å². The molecule has 0 fully saturated rings. The molecule has 0 amide bonds. The molecule has 0 unspecified atom stereocenters.